The van der Waals surface area contributed by atoms with Gasteiger partial charge in [-0.1, -0.05) is 48.5 Å². The van der Waals surface area contributed by atoms with Crippen LogP contribution in [-0.4, -0.2) is 14.3 Å². The number of hydrogen-bond acceptors (Lipinski definition) is 4. The summed E-state index contributed by atoms with van der Waals surface area (Å²) in [6, 6.07) is 23.1. The molecule has 0 saturated carbocycles. The van der Waals surface area contributed by atoms with Gasteiger partial charge in [0.2, 0.25) is 10.0 Å². The van der Waals surface area contributed by atoms with E-state index in [0.29, 0.717) is 16.8 Å². The van der Waals surface area contributed by atoms with Gasteiger partial charge in [0, 0.05) is 16.8 Å². The van der Waals surface area contributed by atoms with Crippen LogP contribution in [-0.2, 0) is 22.4 Å². The Kier molecular flexibility index (Phi) is 6.08. The molecule has 3 rings (SSSR count). The summed E-state index contributed by atoms with van der Waals surface area (Å²) < 4.78 is 28.0. The first-order chi connectivity index (χ1) is 13.4. The number of amides is 1. The highest BCUT2D eigenvalue weighted by atomic mass is 32.2. The topological polar surface area (TPSA) is 98.5 Å². The molecule has 28 heavy (non-hydrogen) atoms. The van der Waals surface area contributed by atoms with Crippen LogP contribution in [0.1, 0.15) is 21.5 Å². The SMILES string of the molecule is NS(=O)(=O)Cc1ccc(NC(=O)c2ccccc2COc2ccccc2)cc1. The molecule has 0 aliphatic carbocycles. The molecule has 0 saturated heterocycles. The zero-order valence-electron chi connectivity index (χ0n) is 15.0. The first kappa shape index (κ1) is 19.6. The van der Waals surface area contributed by atoms with Gasteiger partial charge in [-0.05, 0) is 35.9 Å². The Morgan fingerprint density at radius 1 is 0.893 bits per heavy atom. The lowest BCUT2D eigenvalue weighted by Gasteiger charge is -2.12. The lowest BCUT2D eigenvalue weighted by molar-refractivity contribution is 0.102. The van der Waals surface area contributed by atoms with Crippen molar-refractivity contribution in [2.45, 2.75) is 12.4 Å². The fourth-order valence-electron chi connectivity index (χ4n) is 2.66. The summed E-state index contributed by atoms with van der Waals surface area (Å²) in [7, 11) is -3.59. The molecule has 1 amide bonds. The Morgan fingerprint density at radius 3 is 2.21 bits per heavy atom. The van der Waals surface area contributed by atoms with Crippen LogP contribution in [0.15, 0.2) is 78.9 Å². The van der Waals surface area contributed by atoms with Crippen LogP contribution in [0.2, 0.25) is 0 Å². The van der Waals surface area contributed by atoms with Gasteiger partial charge >= 0.3 is 0 Å². The highest BCUT2D eigenvalue weighted by Gasteiger charge is 2.12. The molecule has 0 bridgehead atoms. The number of nitrogens with one attached hydrogen (secondary N) is 1. The van der Waals surface area contributed by atoms with E-state index in [1.807, 2.05) is 42.5 Å². The van der Waals surface area contributed by atoms with Crippen molar-refractivity contribution in [2.24, 2.45) is 5.14 Å². The molecule has 3 N–H and O–H groups in total. The number of carbonyl (C=O) groups excluding carboxylic acids is 1. The zero-order valence-corrected chi connectivity index (χ0v) is 15.9. The number of carbonyl (C=O) groups is 1. The van der Waals surface area contributed by atoms with Crippen LogP contribution in [0.3, 0.4) is 0 Å². The summed E-state index contributed by atoms with van der Waals surface area (Å²) in [5, 5.41) is 7.85. The number of benzene rings is 3. The van der Waals surface area contributed by atoms with E-state index >= 15 is 0 Å². The maximum Gasteiger partial charge on any atom is 0.256 e. The first-order valence-electron chi connectivity index (χ1n) is 8.57. The first-order valence-corrected chi connectivity index (χ1v) is 10.3. The Morgan fingerprint density at radius 2 is 1.54 bits per heavy atom. The van der Waals surface area contributed by atoms with E-state index in [2.05, 4.69) is 5.32 Å². The molecule has 3 aromatic carbocycles. The van der Waals surface area contributed by atoms with Gasteiger partial charge in [0.1, 0.15) is 12.4 Å². The predicted molar refractivity (Wildman–Crippen MR) is 108 cm³/mol. The lowest BCUT2D eigenvalue weighted by atomic mass is 10.1. The van der Waals surface area contributed by atoms with E-state index in [1.54, 1.807) is 36.4 Å². The fraction of sp³-hybridized carbons (Fsp3) is 0.0952. The van der Waals surface area contributed by atoms with Gasteiger partial charge in [-0.25, -0.2) is 13.6 Å². The minimum Gasteiger partial charge on any atom is -0.489 e. The van der Waals surface area contributed by atoms with Gasteiger partial charge in [0.25, 0.3) is 5.91 Å². The van der Waals surface area contributed by atoms with Crippen LogP contribution in [0.4, 0.5) is 5.69 Å². The Hall–Kier alpha value is -3.16. The smallest absolute Gasteiger partial charge is 0.256 e. The molecule has 0 aliphatic rings. The van der Waals surface area contributed by atoms with E-state index in [-0.39, 0.29) is 18.3 Å². The third kappa shape index (κ3) is 5.67. The fourth-order valence-corrected chi connectivity index (χ4v) is 3.32. The summed E-state index contributed by atoms with van der Waals surface area (Å²) in [5.74, 6) is 0.204. The Balaban J connectivity index is 1.69. The predicted octanol–water partition coefficient (Wildman–Crippen LogP) is 3.31. The van der Waals surface area contributed by atoms with Crippen molar-refractivity contribution in [3.63, 3.8) is 0 Å². The van der Waals surface area contributed by atoms with E-state index in [1.165, 1.54) is 0 Å². The number of primary sulfonamides is 1. The number of hydrogen-bond donors (Lipinski definition) is 2. The number of rotatable bonds is 7. The van der Waals surface area contributed by atoms with Crippen molar-refractivity contribution in [1.82, 2.24) is 0 Å². The Labute approximate surface area is 164 Å². The van der Waals surface area contributed by atoms with Gasteiger partial charge in [-0.2, -0.15) is 0 Å². The molecule has 0 atom stereocenters. The van der Waals surface area contributed by atoms with E-state index in [4.69, 9.17) is 9.88 Å². The second kappa shape index (κ2) is 8.69. The van der Waals surface area contributed by atoms with E-state index < -0.39 is 10.0 Å². The second-order valence-corrected chi connectivity index (χ2v) is 7.83. The number of para-hydroxylation sites is 1. The summed E-state index contributed by atoms with van der Waals surface area (Å²) in [4.78, 5) is 12.7. The van der Waals surface area contributed by atoms with Gasteiger partial charge in [-0.3, -0.25) is 4.79 Å². The molecule has 0 aliphatic heterocycles. The van der Waals surface area contributed by atoms with E-state index in [0.717, 1.165) is 11.3 Å². The van der Waals surface area contributed by atoms with Crippen LogP contribution in [0.5, 0.6) is 5.75 Å². The van der Waals surface area contributed by atoms with E-state index in [9.17, 15) is 13.2 Å². The van der Waals surface area contributed by atoms with Gasteiger partial charge in [0.15, 0.2) is 0 Å². The minimum absolute atomic E-state index is 0.249. The highest BCUT2D eigenvalue weighted by molar-refractivity contribution is 7.88. The van der Waals surface area contributed by atoms with Crippen LogP contribution in [0.25, 0.3) is 0 Å². The lowest BCUT2D eigenvalue weighted by Crippen LogP contribution is -2.16. The summed E-state index contributed by atoms with van der Waals surface area (Å²) >= 11 is 0. The summed E-state index contributed by atoms with van der Waals surface area (Å²) in [6.07, 6.45) is 0. The molecule has 3 aromatic rings. The number of anilines is 1. The molecule has 0 aromatic heterocycles. The third-order valence-corrected chi connectivity index (χ3v) is 4.71. The highest BCUT2D eigenvalue weighted by Crippen LogP contribution is 2.17. The average Bonchev–Trinajstić information content (AvgIpc) is 2.68. The van der Waals surface area contributed by atoms with Crippen molar-refractivity contribution in [2.75, 3.05) is 5.32 Å². The standard InChI is InChI=1S/C21H20N2O4S/c22-28(25,26)15-16-10-12-18(13-11-16)23-21(24)20-9-5-4-6-17(20)14-27-19-7-2-1-3-8-19/h1-13H,14-15H2,(H,23,24)(H2,22,25,26). The van der Waals surface area contributed by atoms with Gasteiger partial charge < -0.3 is 10.1 Å². The Bertz CT molecular complexity index is 1050. The molecule has 144 valence electrons. The monoisotopic (exact) mass is 396 g/mol. The number of ether oxygens (including phenoxy) is 1. The van der Waals surface area contributed by atoms with Gasteiger partial charge in [0.05, 0.1) is 5.75 Å². The van der Waals surface area contributed by atoms with Crippen molar-refractivity contribution in [3.05, 3.63) is 95.6 Å². The molecular formula is C21H20N2O4S. The molecular weight excluding hydrogens is 376 g/mol. The molecule has 0 heterocycles. The minimum atomic E-state index is -3.59. The van der Waals surface area contributed by atoms with Crippen LogP contribution in [0, 0.1) is 0 Å². The molecule has 0 spiro atoms. The normalized spacial score (nSPS) is 11.0. The van der Waals surface area contributed by atoms with Crippen molar-refractivity contribution in [3.8, 4) is 5.75 Å². The van der Waals surface area contributed by atoms with Crippen molar-refractivity contribution >= 4 is 21.6 Å². The van der Waals surface area contributed by atoms with Crippen LogP contribution < -0.4 is 15.2 Å². The second-order valence-electron chi connectivity index (χ2n) is 6.22. The maximum atomic E-state index is 12.7. The maximum absolute atomic E-state index is 12.7. The van der Waals surface area contributed by atoms with Crippen molar-refractivity contribution < 1.29 is 17.9 Å². The zero-order chi connectivity index (χ0) is 20.0. The number of nitrogens with two attached hydrogens (primary N) is 1. The third-order valence-electron chi connectivity index (χ3n) is 3.98. The molecule has 0 unspecified atom stereocenters. The largest absolute Gasteiger partial charge is 0.489 e. The molecule has 7 heteroatoms. The van der Waals surface area contributed by atoms with Gasteiger partial charge in [-0.15, -0.1) is 0 Å². The molecule has 0 radical (unpaired) electrons. The molecule has 6 nitrogen and oxygen atoms in total. The quantitative estimate of drug-likeness (QED) is 0.640. The van der Waals surface area contributed by atoms with Crippen molar-refractivity contribution in [1.29, 1.82) is 0 Å². The van der Waals surface area contributed by atoms with Crippen LogP contribution >= 0.6 is 0 Å². The average molecular weight is 396 g/mol. The number of sulfonamides is 1. The summed E-state index contributed by atoms with van der Waals surface area (Å²) in [6.45, 7) is 0.265. The molecule has 0 fully saturated rings. The summed E-state index contributed by atoms with van der Waals surface area (Å²) in [5.41, 5.74) is 2.38.